The Kier molecular flexibility index (Phi) is 5.01. The number of aromatic nitrogens is 2. The summed E-state index contributed by atoms with van der Waals surface area (Å²) < 4.78 is 0. The van der Waals surface area contributed by atoms with Crippen molar-refractivity contribution in [1.82, 2.24) is 15.3 Å². The number of hydrogen-bond donors (Lipinski definition) is 2. The zero-order chi connectivity index (χ0) is 17.6. The molecule has 1 aromatic heterocycles. The largest absolute Gasteiger partial charge is 0.327 e. The highest BCUT2D eigenvalue weighted by Crippen LogP contribution is 2.16. The standard InChI is InChI=1S/C18H13ClN4O2/c19-14-9-5-4-8-13(14)17(24)23-18(25)22-16-11-20-15(10-21-16)12-6-2-1-3-7-12/h1-11H,(H2,21,22,23,24,25). The quantitative estimate of drug-likeness (QED) is 0.751. The van der Waals surface area contributed by atoms with Gasteiger partial charge < -0.3 is 0 Å². The molecule has 0 fully saturated rings. The van der Waals surface area contributed by atoms with E-state index in [2.05, 4.69) is 20.6 Å². The maximum Gasteiger partial charge on any atom is 0.327 e. The summed E-state index contributed by atoms with van der Waals surface area (Å²) in [6.07, 6.45) is 2.96. The van der Waals surface area contributed by atoms with Crippen molar-refractivity contribution in [2.75, 3.05) is 5.32 Å². The van der Waals surface area contributed by atoms with E-state index in [9.17, 15) is 9.59 Å². The minimum atomic E-state index is -0.716. The van der Waals surface area contributed by atoms with Crippen LogP contribution in [0.15, 0.2) is 67.0 Å². The van der Waals surface area contributed by atoms with Gasteiger partial charge in [0, 0.05) is 5.56 Å². The van der Waals surface area contributed by atoms with Gasteiger partial charge in [-0.3, -0.25) is 20.4 Å². The summed E-state index contributed by atoms with van der Waals surface area (Å²) in [6, 6.07) is 15.3. The van der Waals surface area contributed by atoms with Crippen LogP contribution in [0.3, 0.4) is 0 Å². The Balaban J connectivity index is 1.63. The lowest BCUT2D eigenvalue weighted by Crippen LogP contribution is -2.34. The maximum atomic E-state index is 12.0. The Morgan fingerprint density at radius 3 is 2.28 bits per heavy atom. The van der Waals surface area contributed by atoms with Crippen LogP contribution in [-0.4, -0.2) is 21.9 Å². The van der Waals surface area contributed by atoms with E-state index in [0.29, 0.717) is 5.69 Å². The van der Waals surface area contributed by atoms with E-state index in [4.69, 9.17) is 11.6 Å². The van der Waals surface area contributed by atoms with Gasteiger partial charge in [0.05, 0.1) is 28.7 Å². The van der Waals surface area contributed by atoms with E-state index in [0.717, 1.165) is 5.56 Å². The Morgan fingerprint density at radius 1 is 0.880 bits per heavy atom. The summed E-state index contributed by atoms with van der Waals surface area (Å²) >= 11 is 5.92. The number of imide groups is 1. The van der Waals surface area contributed by atoms with Crippen molar-refractivity contribution in [3.05, 3.63) is 77.6 Å². The third-order valence-electron chi connectivity index (χ3n) is 3.31. The molecule has 124 valence electrons. The highest BCUT2D eigenvalue weighted by Gasteiger charge is 2.13. The van der Waals surface area contributed by atoms with Crippen molar-refractivity contribution in [2.24, 2.45) is 0 Å². The van der Waals surface area contributed by atoms with Gasteiger partial charge in [-0.2, -0.15) is 0 Å². The first-order chi connectivity index (χ1) is 12.1. The lowest BCUT2D eigenvalue weighted by molar-refractivity contribution is 0.0967. The number of anilines is 1. The Bertz CT molecular complexity index is 898. The lowest BCUT2D eigenvalue weighted by atomic mass is 10.2. The number of urea groups is 1. The van der Waals surface area contributed by atoms with Crippen LogP contribution in [0.4, 0.5) is 10.6 Å². The number of rotatable bonds is 3. The molecule has 3 aromatic rings. The first kappa shape index (κ1) is 16.6. The molecule has 0 saturated carbocycles. The van der Waals surface area contributed by atoms with Crippen molar-refractivity contribution < 1.29 is 9.59 Å². The monoisotopic (exact) mass is 352 g/mol. The summed E-state index contributed by atoms with van der Waals surface area (Å²) in [5.74, 6) is -0.374. The third-order valence-corrected chi connectivity index (χ3v) is 3.64. The smallest absolute Gasteiger partial charge is 0.291 e. The molecule has 0 aliphatic heterocycles. The summed E-state index contributed by atoms with van der Waals surface area (Å²) in [4.78, 5) is 32.3. The predicted molar refractivity (Wildman–Crippen MR) is 95.4 cm³/mol. The zero-order valence-electron chi connectivity index (χ0n) is 12.9. The van der Waals surface area contributed by atoms with Crippen molar-refractivity contribution >= 4 is 29.4 Å². The van der Waals surface area contributed by atoms with Gasteiger partial charge in [0.1, 0.15) is 0 Å². The van der Waals surface area contributed by atoms with E-state index < -0.39 is 11.9 Å². The molecule has 0 spiro atoms. The molecule has 3 amide bonds. The van der Waals surface area contributed by atoms with Crippen molar-refractivity contribution in [3.63, 3.8) is 0 Å². The molecule has 0 unspecified atom stereocenters. The molecule has 6 nitrogen and oxygen atoms in total. The third kappa shape index (κ3) is 4.19. The summed E-state index contributed by atoms with van der Waals surface area (Å²) in [6.45, 7) is 0. The van der Waals surface area contributed by atoms with Crippen LogP contribution >= 0.6 is 11.6 Å². The van der Waals surface area contributed by atoms with Crippen molar-refractivity contribution in [2.45, 2.75) is 0 Å². The highest BCUT2D eigenvalue weighted by molar-refractivity contribution is 6.34. The zero-order valence-corrected chi connectivity index (χ0v) is 13.7. The molecule has 2 N–H and O–H groups in total. The minimum absolute atomic E-state index is 0.213. The van der Waals surface area contributed by atoms with E-state index in [-0.39, 0.29) is 16.4 Å². The van der Waals surface area contributed by atoms with Crippen LogP contribution < -0.4 is 10.6 Å². The number of benzene rings is 2. The molecule has 0 aliphatic carbocycles. The Labute approximate surface area is 148 Å². The Hall–Kier alpha value is -3.25. The number of hydrogen-bond acceptors (Lipinski definition) is 4. The molecule has 0 bridgehead atoms. The van der Waals surface area contributed by atoms with E-state index in [1.807, 2.05) is 30.3 Å². The molecule has 7 heteroatoms. The lowest BCUT2D eigenvalue weighted by Gasteiger charge is -2.07. The van der Waals surface area contributed by atoms with Gasteiger partial charge in [0.2, 0.25) is 0 Å². The van der Waals surface area contributed by atoms with Gasteiger partial charge in [-0.25, -0.2) is 9.78 Å². The van der Waals surface area contributed by atoms with Crippen LogP contribution in [0.25, 0.3) is 11.3 Å². The van der Waals surface area contributed by atoms with Crippen LogP contribution in [0.5, 0.6) is 0 Å². The number of halogens is 1. The van der Waals surface area contributed by atoms with Gasteiger partial charge in [0.15, 0.2) is 5.82 Å². The van der Waals surface area contributed by atoms with Gasteiger partial charge in [-0.1, -0.05) is 54.1 Å². The van der Waals surface area contributed by atoms with Crippen LogP contribution in [0.2, 0.25) is 5.02 Å². The number of carbonyl (C=O) groups is 2. The molecule has 0 saturated heterocycles. The summed E-state index contributed by atoms with van der Waals surface area (Å²) in [5, 5.41) is 4.91. The van der Waals surface area contributed by atoms with Crippen LogP contribution in [-0.2, 0) is 0 Å². The molecule has 3 rings (SSSR count). The fourth-order valence-corrected chi connectivity index (χ4v) is 2.34. The van der Waals surface area contributed by atoms with Crippen molar-refractivity contribution in [3.8, 4) is 11.3 Å². The van der Waals surface area contributed by atoms with Gasteiger partial charge in [-0.15, -0.1) is 0 Å². The van der Waals surface area contributed by atoms with Gasteiger partial charge in [0.25, 0.3) is 5.91 Å². The molecular formula is C18H13ClN4O2. The molecule has 0 atom stereocenters. The highest BCUT2D eigenvalue weighted by atomic mass is 35.5. The SMILES string of the molecule is O=C(NC(=O)c1ccccc1Cl)Nc1cnc(-c2ccccc2)cn1. The topological polar surface area (TPSA) is 84.0 Å². The van der Waals surface area contributed by atoms with Gasteiger partial charge >= 0.3 is 6.03 Å². The normalized spacial score (nSPS) is 10.1. The molecular weight excluding hydrogens is 340 g/mol. The first-order valence-corrected chi connectivity index (χ1v) is 7.75. The summed E-state index contributed by atoms with van der Waals surface area (Å²) in [5.41, 5.74) is 1.81. The second-order valence-electron chi connectivity index (χ2n) is 5.04. The average Bonchev–Trinajstić information content (AvgIpc) is 2.63. The molecule has 1 heterocycles. The Morgan fingerprint density at radius 2 is 1.60 bits per heavy atom. The van der Waals surface area contributed by atoms with Crippen LogP contribution in [0.1, 0.15) is 10.4 Å². The molecule has 0 radical (unpaired) electrons. The van der Waals surface area contributed by atoms with E-state index in [1.54, 1.807) is 24.4 Å². The van der Waals surface area contributed by atoms with E-state index in [1.165, 1.54) is 12.3 Å². The molecule has 25 heavy (non-hydrogen) atoms. The fraction of sp³-hybridized carbons (Fsp3) is 0. The minimum Gasteiger partial charge on any atom is -0.291 e. The number of nitrogens with zero attached hydrogens (tertiary/aromatic N) is 2. The maximum absolute atomic E-state index is 12.0. The first-order valence-electron chi connectivity index (χ1n) is 7.38. The summed E-state index contributed by atoms with van der Waals surface area (Å²) in [7, 11) is 0. The van der Waals surface area contributed by atoms with E-state index >= 15 is 0 Å². The van der Waals surface area contributed by atoms with Crippen LogP contribution in [0, 0.1) is 0 Å². The second-order valence-corrected chi connectivity index (χ2v) is 5.45. The fourth-order valence-electron chi connectivity index (χ4n) is 2.11. The predicted octanol–water partition coefficient (Wildman–Crippen LogP) is 3.76. The molecule has 2 aromatic carbocycles. The second kappa shape index (κ2) is 7.55. The molecule has 0 aliphatic rings. The number of amides is 3. The number of nitrogens with one attached hydrogen (secondary N) is 2. The number of carbonyl (C=O) groups excluding carboxylic acids is 2. The average molecular weight is 353 g/mol. The van der Waals surface area contributed by atoms with Gasteiger partial charge in [-0.05, 0) is 12.1 Å². The van der Waals surface area contributed by atoms with Crippen molar-refractivity contribution in [1.29, 1.82) is 0 Å².